The van der Waals surface area contributed by atoms with Crippen LogP contribution in [-0.4, -0.2) is 10.2 Å². The van der Waals surface area contributed by atoms with E-state index in [1.165, 1.54) is 22.9 Å². The van der Waals surface area contributed by atoms with Gasteiger partial charge in [-0.2, -0.15) is 4.37 Å². The maximum atomic E-state index is 11.0. The molecule has 0 aliphatic carbocycles. The van der Waals surface area contributed by atoms with Crippen molar-refractivity contribution < 1.29 is 4.79 Å². The molecule has 2 nitrogen and oxygen atoms in total. The number of Topliss-reactive ketones (excluding diaryl/α,β-unsaturated/α-hetero) is 1. The molecular weight excluding hydrogens is 214 g/mol. The molecule has 0 atom stereocenters. The molecule has 0 aromatic carbocycles. The molecule has 2 aromatic heterocycles. The average molecular weight is 218 g/mol. The van der Waals surface area contributed by atoms with E-state index in [0.717, 1.165) is 15.1 Å². The van der Waals surface area contributed by atoms with E-state index in [0.29, 0.717) is 4.34 Å². The molecular formula is C7H4ClNOS2. The molecule has 2 aromatic rings. The summed E-state index contributed by atoms with van der Waals surface area (Å²) >= 11 is 8.49. The first-order valence-corrected chi connectivity index (χ1v) is 5.21. The molecule has 0 radical (unpaired) electrons. The third-order valence-electron chi connectivity index (χ3n) is 1.48. The van der Waals surface area contributed by atoms with Crippen molar-refractivity contribution in [3.63, 3.8) is 0 Å². The van der Waals surface area contributed by atoms with Crippen molar-refractivity contribution in [1.82, 2.24) is 4.37 Å². The van der Waals surface area contributed by atoms with E-state index in [1.807, 2.05) is 0 Å². The van der Waals surface area contributed by atoms with Crippen LogP contribution in [0.4, 0.5) is 0 Å². The van der Waals surface area contributed by atoms with E-state index >= 15 is 0 Å². The normalized spacial score (nSPS) is 10.8. The van der Waals surface area contributed by atoms with Gasteiger partial charge in [0, 0.05) is 5.39 Å². The van der Waals surface area contributed by atoms with Gasteiger partial charge < -0.3 is 0 Å². The van der Waals surface area contributed by atoms with Gasteiger partial charge in [0.1, 0.15) is 9.17 Å². The van der Waals surface area contributed by atoms with Gasteiger partial charge >= 0.3 is 0 Å². The molecule has 5 heteroatoms. The number of rotatable bonds is 1. The summed E-state index contributed by atoms with van der Waals surface area (Å²) < 4.78 is 4.76. The lowest BCUT2D eigenvalue weighted by Crippen LogP contribution is -1.83. The molecule has 0 spiro atoms. The van der Waals surface area contributed by atoms with E-state index in [2.05, 4.69) is 4.37 Å². The van der Waals surface area contributed by atoms with Crippen molar-refractivity contribution in [3.05, 3.63) is 15.3 Å². The highest BCUT2D eigenvalue weighted by Gasteiger charge is 2.10. The Bertz CT molecular complexity index is 445. The third-order valence-corrected chi connectivity index (χ3v) is 3.79. The molecule has 0 amide bonds. The molecule has 0 aliphatic rings. The first-order valence-electron chi connectivity index (χ1n) is 3.24. The van der Waals surface area contributed by atoms with Gasteiger partial charge in [0.25, 0.3) is 0 Å². The largest absolute Gasteiger partial charge is 0.294 e. The Morgan fingerprint density at radius 2 is 2.42 bits per heavy atom. The number of fused-ring (bicyclic) bond motifs is 1. The summed E-state index contributed by atoms with van der Waals surface area (Å²) in [5.41, 5.74) is 0. The minimum absolute atomic E-state index is 0.0686. The monoisotopic (exact) mass is 217 g/mol. The van der Waals surface area contributed by atoms with E-state index in [9.17, 15) is 4.79 Å². The standard InChI is InChI=1S/C7H4ClNOS2/c1-3(10)5-2-4-6(8)12-9-7(4)11-5/h2H,1H3. The van der Waals surface area contributed by atoms with Gasteiger partial charge in [-0.1, -0.05) is 11.6 Å². The molecule has 0 bridgehead atoms. The number of nitrogens with zero attached hydrogens (tertiary/aromatic N) is 1. The van der Waals surface area contributed by atoms with Gasteiger partial charge in [-0.05, 0) is 24.5 Å². The van der Waals surface area contributed by atoms with Gasteiger partial charge in [0.2, 0.25) is 0 Å². The molecule has 62 valence electrons. The lowest BCUT2D eigenvalue weighted by Gasteiger charge is -1.81. The van der Waals surface area contributed by atoms with Crippen LogP contribution in [0.15, 0.2) is 6.07 Å². The first kappa shape index (κ1) is 8.16. The Morgan fingerprint density at radius 3 is 3.00 bits per heavy atom. The molecule has 0 N–H and O–H groups in total. The van der Waals surface area contributed by atoms with Gasteiger partial charge in [0.05, 0.1) is 4.88 Å². The zero-order chi connectivity index (χ0) is 8.72. The highest BCUT2D eigenvalue weighted by molar-refractivity contribution is 7.23. The maximum absolute atomic E-state index is 11.0. The quantitative estimate of drug-likeness (QED) is 0.687. The van der Waals surface area contributed by atoms with E-state index < -0.39 is 0 Å². The number of halogens is 1. The summed E-state index contributed by atoms with van der Waals surface area (Å²) in [6.45, 7) is 1.54. The second kappa shape index (κ2) is 2.80. The topological polar surface area (TPSA) is 30.0 Å². The fourth-order valence-electron chi connectivity index (χ4n) is 0.894. The number of carbonyl (C=O) groups excluding carboxylic acids is 1. The number of aromatic nitrogens is 1. The Kier molecular flexibility index (Phi) is 1.90. The Labute approximate surface area is 81.9 Å². The van der Waals surface area contributed by atoms with Gasteiger partial charge in [-0.15, -0.1) is 11.3 Å². The Balaban J connectivity index is 2.70. The van der Waals surface area contributed by atoms with Crippen LogP contribution in [0.2, 0.25) is 4.34 Å². The molecule has 12 heavy (non-hydrogen) atoms. The lowest BCUT2D eigenvalue weighted by molar-refractivity contribution is 0.102. The number of carbonyl (C=O) groups is 1. The number of thiophene rings is 1. The van der Waals surface area contributed by atoms with E-state index in [1.54, 1.807) is 13.0 Å². The number of hydrogen-bond donors (Lipinski definition) is 0. The summed E-state index contributed by atoms with van der Waals surface area (Å²) in [7, 11) is 0. The summed E-state index contributed by atoms with van der Waals surface area (Å²) in [5.74, 6) is 0.0686. The second-order valence-corrected chi connectivity index (χ2v) is 4.75. The maximum Gasteiger partial charge on any atom is 0.169 e. The predicted molar refractivity (Wildman–Crippen MR) is 52.5 cm³/mol. The van der Waals surface area contributed by atoms with Crippen LogP contribution in [0.25, 0.3) is 10.2 Å². The van der Waals surface area contributed by atoms with Crippen molar-refractivity contribution in [3.8, 4) is 0 Å². The van der Waals surface area contributed by atoms with Crippen LogP contribution < -0.4 is 0 Å². The Morgan fingerprint density at radius 1 is 1.67 bits per heavy atom. The highest BCUT2D eigenvalue weighted by atomic mass is 35.5. The van der Waals surface area contributed by atoms with Crippen LogP contribution in [0.5, 0.6) is 0 Å². The molecule has 0 unspecified atom stereocenters. The smallest absolute Gasteiger partial charge is 0.169 e. The van der Waals surface area contributed by atoms with Crippen molar-refractivity contribution in [2.75, 3.05) is 0 Å². The van der Waals surface area contributed by atoms with E-state index in [4.69, 9.17) is 11.6 Å². The van der Waals surface area contributed by atoms with Crippen molar-refractivity contribution >= 4 is 50.5 Å². The van der Waals surface area contributed by atoms with Crippen molar-refractivity contribution in [1.29, 1.82) is 0 Å². The van der Waals surface area contributed by atoms with Crippen LogP contribution in [0.1, 0.15) is 16.6 Å². The zero-order valence-corrected chi connectivity index (χ0v) is 8.52. The van der Waals surface area contributed by atoms with Crippen LogP contribution in [0.3, 0.4) is 0 Å². The van der Waals surface area contributed by atoms with Gasteiger partial charge in [-0.3, -0.25) is 4.79 Å². The van der Waals surface area contributed by atoms with Crippen LogP contribution >= 0.6 is 34.5 Å². The van der Waals surface area contributed by atoms with Crippen molar-refractivity contribution in [2.45, 2.75) is 6.92 Å². The third kappa shape index (κ3) is 1.16. The first-order chi connectivity index (χ1) is 5.68. The van der Waals surface area contributed by atoms with Crippen molar-refractivity contribution in [2.24, 2.45) is 0 Å². The van der Waals surface area contributed by atoms with Gasteiger partial charge in [-0.25, -0.2) is 0 Å². The molecule has 0 aliphatic heterocycles. The number of hydrogen-bond acceptors (Lipinski definition) is 4. The SMILES string of the molecule is CC(=O)c1cc2c(Cl)snc2s1. The molecule has 2 rings (SSSR count). The minimum Gasteiger partial charge on any atom is -0.294 e. The highest BCUT2D eigenvalue weighted by Crippen LogP contribution is 2.33. The van der Waals surface area contributed by atoms with Crippen LogP contribution in [0, 0.1) is 0 Å². The average Bonchev–Trinajstić information content (AvgIpc) is 2.53. The van der Waals surface area contributed by atoms with E-state index in [-0.39, 0.29) is 5.78 Å². The second-order valence-electron chi connectivity index (χ2n) is 2.34. The zero-order valence-electron chi connectivity index (χ0n) is 6.13. The number of ketones is 1. The molecule has 0 saturated heterocycles. The lowest BCUT2D eigenvalue weighted by atomic mass is 10.3. The molecule has 0 fully saturated rings. The fourth-order valence-corrected chi connectivity index (χ4v) is 2.84. The molecule has 0 saturated carbocycles. The summed E-state index contributed by atoms with van der Waals surface area (Å²) in [6.07, 6.45) is 0. The summed E-state index contributed by atoms with van der Waals surface area (Å²) in [4.78, 5) is 12.5. The van der Waals surface area contributed by atoms with Gasteiger partial charge in [0.15, 0.2) is 5.78 Å². The predicted octanol–water partition coefficient (Wildman–Crippen LogP) is 3.21. The summed E-state index contributed by atoms with van der Waals surface area (Å²) in [5, 5.41) is 0.900. The Hall–Kier alpha value is -0.450. The molecule has 2 heterocycles. The van der Waals surface area contributed by atoms with Crippen LogP contribution in [-0.2, 0) is 0 Å². The summed E-state index contributed by atoms with van der Waals surface area (Å²) in [6, 6.07) is 1.80. The minimum atomic E-state index is 0.0686. The fraction of sp³-hybridized carbons (Fsp3) is 0.143.